The molecule has 0 rings (SSSR count). The molecule has 86 valence electrons. The molecule has 0 heterocycles. The van der Waals surface area contributed by atoms with Crippen molar-refractivity contribution in [3.8, 4) is 0 Å². The molecule has 0 atom stereocenters. The first-order valence-electron chi connectivity index (χ1n) is 2.61. The number of hydrogen-bond donors (Lipinski definition) is 1. The summed E-state index contributed by atoms with van der Waals surface area (Å²) >= 11 is 0. The van der Waals surface area contributed by atoms with Gasteiger partial charge in [0, 0.05) is 0 Å². The molecule has 0 bridgehead atoms. The summed E-state index contributed by atoms with van der Waals surface area (Å²) in [6, 6.07) is 0. The van der Waals surface area contributed by atoms with Gasteiger partial charge in [-0.1, -0.05) is 0 Å². The Kier molecular flexibility index (Phi) is 3.41. The summed E-state index contributed by atoms with van der Waals surface area (Å²) in [4.78, 5) is 0. The summed E-state index contributed by atoms with van der Waals surface area (Å²) in [5, 5.41) is 0. The van der Waals surface area contributed by atoms with Crippen molar-refractivity contribution in [2.45, 2.75) is 18.0 Å². The zero-order valence-electron chi connectivity index (χ0n) is 5.93. The van der Waals surface area contributed by atoms with E-state index in [2.05, 4.69) is 0 Å². The van der Waals surface area contributed by atoms with Crippen LogP contribution in [0.5, 0.6) is 0 Å². The molecular formula is C3H2F6O4S. The van der Waals surface area contributed by atoms with Crippen molar-refractivity contribution < 1.29 is 44.0 Å². The maximum Gasteiger partial charge on any atom is 0.492 e. The minimum atomic E-state index is -6.34. The molecule has 0 spiro atoms. The van der Waals surface area contributed by atoms with Gasteiger partial charge in [0.25, 0.3) is 0 Å². The quantitative estimate of drug-likeness (QED) is 0.601. The molecule has 0 amide bonds. The van der Waals surface area contributed by atoms with Gasteiger partial charge in [0.2, 0.25) is 0 Å². The molecule has 0 saturated heterocycles. The van der Waals surface area contributed by atoms with E-state index >= 15 is 0 Å². The third-order valence-electron chi connectivity index (χ3n) is 0.809. The van der Waals surface area contributed by atoms with Gasteiger partial charge in [0.1, 0.15) is 0 Å². The summed E-state index contributed by atoms with van der Waals surface area (Å²) in [6.07, 6.45) is -10.3. The van der Waals surface area contributed by atoms with Crippen LogP contribution in [-0.2, 0) is 14.9 Å². The average Bonchev–Trinajstić information content (AvgIpc) is 1.80. The molecule has 0 aromatic carbocycles. The van der Waals surface area contributed by atoms with E-state index in [-0.39, 0.29) is 0 Å². The van der Waals surface area contributed by atoms with Crippen LogP contribution >= 0.6 is 0 Å². The Morgan fingerprint density at radius 2 is 1.50 bits per heavy atom. The van der Waals surface area contributed by atoms with Gasteiger partial charge in [0.05, 0.1) is 0 Å². The Balaban J connectivity index is 4.86. The first-order valence-corrected chi connectivity index (χ1v) is 4.05. The van der Waals surface area contributed by atoms with Gasteiger partial charge in [-0.3, -0.25) is 4.55 Å². The highest BCUT2D eigenvalue weighted by Crippen LogP contribution is 2.34. The summed E-state index contributed by atoms with van der Waals surface area (Å²) < 4.78 is 98.7. The molecular weight excluding hydrogens is 246 g/mol. The second-order valence-electron chi connectivity index (χ2n) is 1.90. The summed E-state index contributed by atoms with van der Waals surface area (Å²) in [5.74, 6) is 0. The van der Waals surface area contributed by atoms with E-state index in [1.54, 1.807) is 0 Å². The SMILES string of the molecule is O=S(=O)(O)C(F)(F)OC(F)(F)C(F)F. The van der Waals surface area contributed by atoms with Crippen LogP contribution in [0.4, 0.5) is 26.3 Å². The molecule has 0 saturated carbocycles. The average molecular weight is 248 g/mol. The number of rotatable bonds is 4. The molecule has 0 fully saturated rings. The van der Waals surface area contributed by atoms with E-state index in [9.17, 15) is 34.8 Å². The predicted molar refractivity (Wildman–Crippen MR) is 28.5 cm³/mol. The van der Waals surface area contributed by atoms with Crippen LogP contribution in [0.1, 0.15) is 0 Å². The Morgan fingerprint density at radius 1 is 1.14 bits per heavy atom. The third-order valence-corrected chi connectivity index (χ3v) is 1.49. The molecule has 0 aromatic rings. The van der Waals surface area contributed by atoms with Crippen molar-refractivity contribution in [3.05, 3.63) is 0 Å². The highest BCUT2D eigenvalue weighted by molar-refractivity contribution is 7.86. The van der Waals surface area contributed by atoms with E-state index in [4.69, 9.17) is 4.55 Å². The normalized spacial score (nSPS) is 14.9. The summed E-state index contributed by atoms with van der Waals surface area (Å²) in [6.45, 7) is 0. The number of ether oxygens (including phenoxy) is 1. The maximum absolute atomic E-state index is 11.9. The Morgan fingerprint density at radius 3 is 1.71 bits per heavy atom. The van der Waals surface area contributed by atoms with Crippen molar-refractivity contribution in [2.75, 3.05) is 0 Å². The van der Waals surface area contributed by atoms with E-state index < -0.39 is 28.1 Å². The van der Waals surface area contributed by atoms with Gasteiger partial charge in [-0.2, -0.15) is 26.0 Å². The van der Waals surface area contributed by atoms with Crippen LogP contribution < -0.4 is 0 Å². The molecule has 0 aliphatic heterocycles. The lowest BCUT2D eigenvalue weighted by molar-refractivity contribution is -0.376. The van der Waals surface area contributed by atoms with Crippen LogP contribution in [0, 0.1) is 0 Å². The first kappa shape index (κ1) is 13.4. The fraction of sp³-hybridized carbons (Fsp3) is 1.00. The van der Waals surface area contributed by atoms with Crippen molar-refractivity contribution in [1.82, 2.24) is 0 Å². The van der Waals surface area contributed by atoms with Crippen molar-refractivity contribution in [2.24, 2.45) is 0 Å². The number of alkyl halides is 6. The second-order valence-corrected chi connectivity index (χ2v) is 3.33. The van der Waals surface area contributed by atoms with E-state index in [1.807, 2.05) is 4.74 Å². The molecule has 0 radical (unpaired) electrons. The fourth-order valence-corrected chi connectivity index (χ4v) is 0.472. The molecule has 0 aliphatic carbocycles. The minimum Gasteiger partial charge on any atom is -0.279 e. The number of hydrogen-bond acceptors (Lipinski definition) is 3. The minimum absolute atomic E-state index is 2.00. The zero-order valence-corrected chi connectivity index (χ0v) is 6.74. The number of halogens is 6. The van der Waals surface area contributed by atoms with Crippen molar-refractivity contribution in [3.63, 3.8) is 0 Å². The van der Waals surface area contributed by atoms with Gasteiger partial charge in [-0.05, 0) is 0 Å². The standard InChI is InChI=1S/C3H2F6O4S/c4-1(5)2(6,7)13-3(8,9)14(10,11)12/h1H,(H,10,11,12). The highest BCUT2D eigenvalue weighted by atomic mass is 32.2. The fourth-order valence-electron chi connectivity index (χ4n) is 0.256. The largest absolute Gasteiger partial charge is 0.492 e. The topological polar surface area (TPSA) is 63.6 Å². The van der Waals surface area contributed by atoms with Gasteiger partial charge in [-0.25, -0.2) is 13.5 Å². The van der Waals surface area contributed by atoms with Crippen molar-refractivity contribution in [1.29, 1.82) is 0 Å². The first-order chi connectivity index (χ1) is 5.90. The lowest BCUT2D eigenvalue weighted by Crippen LogP contribution is -2.42. The van der Waals surface area contributed by atoms with Crippen LogP contribution in [-0.4, -0.2) is 30.9 Å². The molecule has 0 unspecified atom stereocenters. The smallest absolute Gasteiger partial charge is 0.279 e. The predicted octanol–water partition coefficient (Wildman–Crippen LogP) is 1.30. The van der Waals surface area contributed by atoms with E-state index in [0.29, 0.717) is 0 Å². The maximum atomic E-state index is 11.9. The Labute approximate surface area is 73.2 Å². The Hall–Kier alpha value is -0.550. The van der Waals surface area contributed by atoms with Crippen LogP contribution in [0.25, 0.3) is 0 Å². The molecule has 1 N–H and O–H groups in total. The summed E-state index contributed by atoms with van der Waals surface area (Å²) in [7, 11) is -6.34. The van der Waals surface area contributed by atoms with Gasteiger partial charge in [-0.15, -0.1) is 0 Å². The van der Waals surface area contributed by atoms with Crippen molar-refractivity contribution >= 4 is 10.1 Å². The van der Waals surface area contributed by atoms with Crippen LogP contribution in [0.2, 0.25) is 0 Å². The second kappa shape index (κ2) is 3.55. The van der Waals surface area contributed by atoms with Gasteiger partial charge < -0.3 is 0 Å². The lowest BCUT2D eigenvalue weighted by Gasteiger charge is -2.20. The zero-order chi connectivity index (χ0) is 11.8. The third kappa shape index (κ3) is 2.99. The van der Waals surface area contributed by atoms with Crippen LogP contribution in [0.15, 0.2) is 0 Å². The summed E-state index contributed by atoms with van der Waals surface area (Å²) in [5.41, 5.74) is -5.80. The van der Waals surface area contributed by atoms with Crippen LogP contribution in [0.3, 0.4) is 0 Å². The monoisotopic (exact) mass is 248 g/mol. The van der Waals surface area contributed by atoms with E-state index in [1.165, 1.54) is 0 Å². The molecule has 11 heteroatoms. The molecule has 0 aromatic heterocycles. The molecule has 4 nitrogen and oxygen atoms in total. The lowest BCUT2D eigenvalue weighted by atomic mass is 10.7. The van der Waals surface area contributed by atoms with Gasteiger partial charge in [0.15, 0.2) is 0 Å². The van der Waals surface area contributed by atoms with Gasteiger partial charge >= 0.3 is 28.1 Å². The molecule has 0 aliphatic rings. The Bertz CT molecular complexity index is 296. The van der Waals surface area contributed by atoms with E-state index in [0.717, 1.165) is 0 Å². The molecule has 14 heavy (non-hydrogen) atoms. The highest BCUT2D eigenvalue weighted by Gasteiger charge is 2.58.